The molecule has 0 saturated carbocycles. The van der Waals surface area contributed by atoms with E-state index in [0.717, 1.165) is 0 Å². The fourth-order valence-corrected chi connectivity index (χ4v) is 0.128. The lowest BCUT2D eigenvalue weighted by molar-refractivity contribution is 0.0607. The zero-order valence-electron chi connectivity index (χ0n) is 4.05. The average Bonchev–Trinajstić information content (AvgIpc) is 1.61. The van der Waals surface area contributed by atoms with E-state index in [1.54, 1.807) is 0 Å². The molecule has 5 heteroatoms. The summed E-state index contributed by atoms with van der Waals surface area (Å²) < 4.78 is 0. The zero-order chi connectivity index (χ0) is 5.70. The predicted molar refractivity (Wildman–Crippen MR) is 24.4 cm³/mol. The Morgan fingerprint density at radius 1 is 2.00 bits per heavy atom. The van der Waals surface area contributed by atoms with Crippen molar-refractivity contribution in [1.82, 2.24) is 10.7 Å². The highest BCUT2D eigenvalue weighted by Crippen LogP contribution is 1.61. The van der Waals surface area contributed by atoms with Gasteiger partial charge in [0.1, 0.15) is 0 Å². The molecule has 0 aromatic rings. The molecule has 0 heterocycles. The van der Waals surface area contributed by atoms with Crippen LogP contribution in [-0.4, -0.2) is 19.0 Å². The van der Waals surface area contributed by atoms with Gasteiger partial charge in [-0.25, -0.2) is 0 Å². The molecule has 0 aliphatic rings. The first-order chi connectivity index (χ1) is 3.27. The Morgan fingerprint density at radius 2 is 2.57 bits per heavy atom. The number of rotatable bonds is 3. The van der Waals surface area contributed by atoms with Gasteiger partial charge in [-0.3, -0.25) is 5.84 Å². The molecule has 0 aromatic carbocycles. The van der Waals surface area contributed by atoms with Gasteiger partial charge in [0.2, 0.25) is 0 Å². The van der Waals surface area contributed by atoms with Gasteiger partial charge in [0.05, 0.1) is 13.8 Å². The Labute approximate surface area is 41.5 Å². The second-order valence-electron chi connectivity index (χ2n) is 0.924. The summed E-state index contributed by atoms with van der Waals surface area (Å²) in [6.45, 7) is -0.0174. The summed E-state index contributed by atoms with van der Waals surface area (Å²) in [4.78, 5) is 4.28. The lowest BCUT2D eigenvalue weighted by atomic mass is 11.2. The van der Waals surface area contributed by atoms with Crippen molar-refractivity contribution in [2.75, 3.05) is 13.8 Å². The Kier molecular flexibility index (Phi) is 3.86. The molecule has 7 heavy (non-hydrogen) atoms. The topological polar surface area (TPSA) is 73.6 Å². The molecule has 0 spiro atoms. The molecule has 0 aliphatic heterocycles. The lowest BCUT2D eigenvalue weighted by Crippen LogP contribution is -2.33. The van der Waals surface area contributed by atoms with E-state index in [9.17, 15) is 5.21 Å². The summed E-state index contributed by atoms with van der Waals surface area (Å²) in [7, 11) is 1.41. The third kappa shape index (κ3) is 5.80. The van der Waals surface area contributed by atoms with E-state index in [0.29, 0.717) is 0 Å². The van der Waals surface area contributed by atoms with E-state index in [2.05, 4.69) is 16.2 Å². The number of nitrogens with two attached hydrogens (primary N) is 1. The molecule has 0 amide bonds. The number of hydrogen-bond donors (Lipinski definition) is 2. The van der Waals surface area contributed by atoms with Crippen LogP contribution in [0.1, 0.15) is 0 Å². The van der Waals surface area contributed by atoms with E-state index in [1.807, 2.05) is 0 Å². The molecule has 0 aromatic heterocycles. The summed E-state index contributed by atoms with van der Waals surface area (Å²) >= 11 is 0. The molecule has 44 valence electrons. The Balaban J connectivity index is 2.68. The van der Waals surface area contributed by atoms with Crippen molar-refractivity contribution in [3.05, 3.63) is 5.21 Å². The molecule has 0 saturated heterocycles. The van der Waals surface area contributed by atoms with Crippen molar-refractivity contribution in [1.29, 1.82) is 0 Å². The van der Waals surface area contributed by atoms with Gasteiger partial charge in [0.15, 0.2) is 0 Å². The summed E-state index contributed by atoms with van der Waals surface area (Å²) in [5, 5.41) is 9.98. The highest BCUT2D eigenvalue weighted by Gasteiger charge is 1.75. The first-order valence-electron chi connectivity index (χ1n) is 1.72. The van der Waals surface area contributed by atoms with Crippen LogP contribution in [0.2, 0.25) is 0 Å². The Bertz CT molecular complexity index is 39.9. The first kappa shape index (κ1) is 6.80. The number of hydrazine groups is 1. The maximum atomic E-state index is 9.75. The molecular weight excluding hydrogens is 98.0 g/mol. The first-order valence-corrected chi connectivity index (χ1v) is 1.72. The van der Waals surface area contributed by atoms with Crippen LogP contribution in [0, 0.1) is 5.21 Å². The molecule has 0 radical (unpaired) electrons. The highest BCUT2D eigenvalue weighted by molar-refractivity contribution is 4.34. The SMILES string of the molecule is CONCN(N)[O-]. The van der Waals surface area contributed by atoms with Crippen molar-refractivity contribution < 1.29 is 4.84 Å². The van der Waals surface area contributed by atoms with Gasteiger partial charge < -0.3 is 15.2 Å². The zero-order valence-corrected chi connectivity index (χ0v) is 4.05. The van der Waals surface area contributed by atoms with E-state index >= 15 is 0 Å². The molecular formula is C2H8N3O2-. The lowest BCUT2D eigenvalue weighted by Gasteiger charge is -2.19. The normalized spacial score (nSPS) is 10.3. The standard InChI is InChI=1S/C2H8N3O2/c1-7-4-2-5(3)6/h4H,2-3H2,1H3/q-1. The van der Waals surface area contributed by atoms with Crippen LogP contribution in [0.5, 0.6) is 0 Å². The van der Waals surface area contributed by atoms with Crippen molar-refractivity contribution in [2.24, 2.45) is 5.84 Å². The van der Waals surface area contributed by atoms with Crippen LogP contribution in [0.4, 0.5) is 0 Å². The van der Waals surface area contributed by atoms with Gasteiger partial charge in [-0.2, -0.15) is 5.48 Å². The molecule has 0 fully saturated rings. The number of nitrogens with zero attached hydrogens (tertiary/aromatic N) is 1. The number of nitrogens with one attached hydrogen (secondary N) is 1. The van der Waals surface area contributed by atoms with Gasteiger partial charge in [0.25, 0.3) is 0 Å². The highest BCUT2D eigenvalue weighted by atomic mass is 16.6. The van der Waals surface area contributed by atoms with E-state index < -0.39 is 0 Å². The van der Waals surface area contributed by atoms with Gasteiger partial charge >= 0.3 is 0 Å². The predicted octanol–water partition coefficient (Wildman–Crippen LogP) is -1.23. The maximum Gasteiger partial charge on any atom is 0.0735 e. The van der Waals surface area contributed by atoms with Crippen molar-refractivity contribution in [3.63, 3.8) is 0 Å². The monoisotopic (exact) mass is 106 g/mol. The molecule has 5 nitrogen and oxygen atoms in total. The van der Waals surface area contributed by atoms with Crippen LogP contribution < -0.4 is 11.3 Å². The van der Waals surface area contributed by atoms with Gasteiger partial charge in [0, 0.05) is 0 Å². The smallest absolute Gasteiger partial charge is 0.0735 e. The van der Waals surface area contributed by atoms with E-state index in [-0.39, 0.29) is 11.8 Å². The number of hydroxylamine groups is 2. The summed E-state index contributed by atoms with van der Waals surface area (Å²) in [6, 6.07) is 0. The van der Waals surface area contributed by atoms with Crippen molar-refractivity contribution in [2.45, 2.75) is 0 Å². The van der Waals surface area contributed by atoms with Crippen LogP contribution in [-0.2, 0) is 4.84 Å². The van der Waals surface area contributed by atoms with Crippen LogP contribution >= 0.6 is 0 Å². The molecule has 3 N–H and O–H groups in total. The minimum atomic E-state index is -0.0174. The van der Waals surface area contributed by atoms with Crippen LogP contribution in [0.25, 0.3) is 0 Å². The largest absolute Gasteiger partial charge is 0.771 e. The third-order valence-corrected chi connectivity index (χ3v) is 0.365. The Morgan fingerprint density at radius 3 is 2.71 bits per heavy atom. The van der Waals surface area contributed by atoms with Crippen LogP contribution in [0.15, 0.2) is 0 Å². The van der Waals surface area contributed by atoms with Crippen molar-refractivity contribution >= 4 is 0 Å². The summed E-state index contributed by atoms with van der Waals surface area (Å²) in [5.74, 6) is 4.61. The maximum absolute atomic E-state index is 9.75. The van der Waals surface area contributed by atoms with Gasteiger partial charge in [-0.1, -0.05) is 0 Å². The molecule has 0 atom stereocenters. The second kappa shape index (κ2) is 3.97. The second-order valence-corrected chi connectivity index (χ2v) is 0.924. The summed E-state index contributed by atoms with van der Waals surface area (Å²) in [6.07, 6.45) is 0. The molecule has 0 rings (SSSR count). The molecule has 0 unspecified atom stereocenters. The van der Waals surface area contributed by atoms with Gasteiger partial charge in [-0.05, 0) is 0 Å². The van der Waals surface area contributed by atoms with E-state index in [1.165, 1.54) is 7.11 Å². The molecule has 0 aliphatic carbocycles. The van der Waals surface area contributed by atoms with Gasteiger partial charge in [-0.15, -0.1) is 0 Å². The Hall–Kier alpha value is -0.200. The summed E-state index contributed by atoms with van der Waals surface area (Å²) in [5.41, 5.74) is 2.24. The fourth-order valence-electron chi connectivity index (χ4n) is 0.128. The minimum Gasteiger partial charge on any atom is -0.771 e. The average molecular weight is 106 g/mol. The van der Waals surface area contributed by atoms with Crippen LogP contribution in [0.3, 0.4) is 0 Å². The quantitative estimate of drug-likeness (QED) is 0.267. The fraction of sp³-hybridized carbons (Fsp3) is 1.00. The minimum absolute atomic E-state index is 0.0174. The van der Waals surface area contributed by atoms with Crippen molar-refractivity contribution in [3.8, 4) is 0 Å². The third-order valence-electron chi connectivity index (χ3n) is 0.365. The molecule has 0 bridgehead atoms. The van der Waals surface area contributed by atoms with E-state index in [4.69, 9.17) is 0 Å². The number of hydrogen-bond acceptors (Lipinski definition) is 5.